The average molecular weight is 372 g/mol. The van der Waals surface area contributed by atoms with Crippen molar-refractivity contribution >= 4 is 21.6 Å². The van der Waals surface area contributed by atoms with E-state index in [-0.39, 0.29) is 23.5 Å². The minimum absolute atomic E-state index is 0.0307. The molecule has 0 spiro atoms. The standard InChI is InChI=1S/C19H20N2O4S/c1-13-2-4-14(5-3-13)11-21(15-6-7-15)26(23,24)16-8-9-18-17(10-16)20-19(22)12-25-18/h2-5,8-10,15H,6-7,11-12H2,1H3,(H,20,22). The minimum atomic E-state index is -3.67. The maximum Gasteiger partial charge on any atom is 0.262 e. The van der Waals surface area contributed by atoms with E-state index in [0.29, 0.717) is 18.0 Å². The Morgan fingerprint density at radius 3 is 2.58 bits per heavy atom. The lowest BCUT2D eigenvalue weighted by molar-refractivity contribution is -0.118. The van der Waals surface area contributed by atoms with Crippen LogP contribution < -0.4 is 10.1 Å². The number of anilines is 1. The Kier molecular flexibility index (Phi) is 4.20. The minimum Gasteiger partial charge on any atom is -0.482 e. The van der Waals surface area contributed by atoms with Crippen molar-refractivity contribution in [2.24, 2.45) is 0 Å². The van der Waals surface area contributed by atoms with Gasteiger partial charge in [-0.1, -0.05) is 29.8 Å². The summed E-state index contributed by atoms with van der Waals surface area (Å²) in [5.41, 5.74) is 2.49. The molecular weight excluding hydrogens is 352 g/mol. The molecule has 6 nitrogen and oxygen atoms in total. The summed E-state index contributed by atoms with van der Waals surface area (Å²) in [6.07, 6.45) is 1.74. The van der Waals surface area contributed by atoms with E-state index in [9.17, 15) is 13.2 Å². The molecule has 1 N–H and O–H groups in total. The van der Waals surface area contributed by atoms with Gasteiger partial charge < -0.3 is 10.1 Å². The molecule has 0 radical (unpaired) electrons. The number of benzene rings is 2. The smallest absolute Gasteiger partial charge is 0.262 e. The molecule has 136 valence electrons. The Hall–Kier alpha value is -2.38. The van der Waals surface area contributed by atoms with Crippen LogP contribution in [-0.4, -0.2) is 31.3 Å². The average Bonchev–Trinajstić information content (AvgIpc) is 3.45. The first-order valence-corrected chi connectivity index (χ1v) is 10.0. The van der Waals surface area contributed by atoms with E-state index in [0.717, 1.165) is 24.0 Å². The largest absolute Gasteiger partial charge is 0.482 e. The van der Waals surface area contributed by atoms with Crippen LogP contribution in [0.2, 0.25) is 0 Å². The maximum absolute atomic E-state index is 13.2. The van der Waals surface area contributed by atoms with Crippen LogP contribution in [0.15, 0.2) is 47.4 Å². The lowest BCUT2D eigenvalue weighted by Gasteiger charge is -2.24. The van der Waals surface area contributed by atoms with Gasteiger partial charge in [-0.3, -0.25) is 4.79 Å². The van der Waals surface area contributed by atoms with Crippen molar-refractivity contribution in [2.75, 3.05) is 11.9 Å². The summed E-state index contributed by atoms with van der Waals surface area (Å²) in [4.78, 5) is 11.7. The summed E-state index contributed by atoms with van der Waals surface area (Å²) in [6, 6.07) is 12.5. The normalized spacial score (nSPS) is 16.8. The summed E-state index contributed by atoms with van der Waals surface area (Å²) in [7, 11) is -3.67. The summed E-state index contributed by atoms with van der Waals surface area (Å²) in [5.74, 6) is 0.200. The van der Waals surface area contributed by atoms with E-state index in [1.807, 2.05) is 31.2 Å². The van der Waals surface area contributed by atoms with Crippen molar-refractivity contribution < 1.29 is 17.9 Å². The molecule has 2 aromatic rings. The lowest BCUT2D eigenvalue weighted by Crippen LogP contribution is -2.33. The second-order valence-electron chi connectivity index (χ2n) is 6.76. The second-order valence-corrected chi connectivity index (χ2v) is 8.65. The third-order valence-corrected chi connectivity index (χ3v) is 6.50. The van der Waals surface area contributed by atoms with Crippen LogP contribution in [0.1, 0.15) is 24.0 Å². The Morgan fingerprint density at radius 2 is 1.88 bits per heavy atom. The van der Waals surface area contributed by atoms with Gasteiger partial charge in [0.1, 0.15) is 5.75 Å². The first kappa shape index (κ1) is 17.1. The number of hydrogen-bond donors (Lipinski definition) is 1. The molecule has 0 atom stereocenters. The number of sulfonamides is 1. The molecule has 0 aromatic heterocycles. The topological polar surface area (TPSA) is 75.7 Å². The highest BCUT2D eigenvalue weighted by molar-refractivity contribution is 7.89. The van der Waals surface area contributed by atoms with Crippen molar-refractivity contribution in [3.63, 3.8) is 0 Å². The lowest BCUT2D eigenvalue weighted by atomic mass is 10.1. The second kappa shape index (κ2) is 6.41. The molecule has 2 aromatic carbocycles. The number of fused-ring (bicyclic) bond motifs is 1. The molecule has 4 rings (SSSR count). The molecule has 0 saturated heterocycles. The van der Waals surface area contributed by atoms with Crippen LogP contribution in [0.25, 0.3) is 0 Å². The molecule has 0 bridgehead atoms. The highest BCUT2D eigenvalue weighted by atomic mass is 32.2. The molecule has 1 fully saturated rings. The maximum atomic E-state index is 13.2. The molecular formula is C19H20N2O4S. The third-order valence-electron chi connectivity index (χ3n) is 4.60. The first-order valence-electron chi connectivity index (χ1n) is 8.57. The van der Waals surface area contributed by atoms with Crippen LogP contribution in [0.5, 0.6) is 5.75 Å². The molecule has 1 saturated carbocycles. The predicted octanol–water partition coefficient (Wildman–Crippen LogP) is 2.68. The van der Waals surface area contributed by atoms with Crippen LogP contribution in [-0.2, 0) is 21.4 Å². The fraction of sp³-hybridized carbons (Fsp3) is 0.316. The Balaban J connectivity index is 1.66. The fourth-order valence-electron chi connectivity index (χ4n) is 3.00. The molecule has 1 heterocycles. The van der Waals surface area contributed by atoms with E-state index in [1.54, 1.807) is 10.4 Å². The number of carbonyl (C=O) groups is 1. The van der Waals surface area contributed by atoms with Gasteiger partial charge in [0.15, 0.2) is 6.61 Å². The Morgan fingerprint density at radius 1 is 1.15 bits per heavy atom. The Labute approximate surface area is 152 Å². The number of hydrogen-bond acceptors (Lipinski definition) is 4. The van der Waals surface area contributed by atoms with Crippen LogP contribution >= 0.6 is 0 Å². The SMILES string of the molecule is Cc1ccc(CN(C2CC2)S(=O)(=O)c2ccc3c(c2)NC(=O)CO3)cc1. The van der Waals surface area contributed by atoms with Gasteiger partial charge in [0, 0.05) is 12.6 Å². The Bertz CT molecular complexity index is 950. The molecule has 0 unspecified atom stereocenters. The van der Waals surface area contributed by atoms with Gasteiger partial charge in [-0.2, -0.15) is 4.31 Å². The predicted molar refractivity (Wildman–Crippen MR) is 97.5 cm³/mol. The summed E-state index contributed by atoms with van der Waals surface area (Å²) < 4.78 is 33.3. The van der Waals surface area contributed by atoms with E-state index in [4.69, 9.17) is 4.74 Å². The van der Waals surface area contributed by atoms with Crippen molar-refractivity contribution in [3.8, 4) is 5.75 Å². The summed E-state index contributed by atoms with van der Waals surface area (Å²) >= 11 is 0. The summed E-state index contributed by atoms with van der Waals surface area (Å²) in [5, 5.41) is 2.67. The van der Waals surface area contributed by atoms with Crippen LogP contribution in [0.3, 0.4) is 0 Å². The van der Waals surface area contributed by atoms with Crippen molar-refractivity contribution in [2.45, 2.75) is 37.2 Å². The van der Waals surface area contributed by atoms with Crippen LogP contribution in [0.4, 0.5) is 5.69 Å². The number of nitrogens with one attached hydrogen (secondary N) is 1. The van der Waals surface area contributed by atoms with Crippen molar-refractivity contribution in [1.29, 1.82) is 0 Å². The molecule has 1 aliphatic carbocycles. The number of nitrogens with zero attached hydrogens (tertiary/aromatic N) is 1. The van der Waals surface area contributed by atoms with Crippen LogP contribution in [0, 0.1) is 6.92 Å². The number of ether oxygens (including phenoxy) is 1. The fourth-order valence-corrected chi connectivity index (χ4v) is 4.70. The molecule has 1 amide bonds. The van der Waals surface area contributed by atoms with Crippen molar-refractivity contribution in [3.05, 3.63) is 53.6 Å². The quantitative estimate of drug-likeness (QED) is 0.876. The molecule has 7 heteroatoms. The molecule has 1 aliphatic heterocycles. The highest BCUT2D eigenvalue weighted by Gasteiger charge is 2.38. The van der Waals surface area contributed by atoms with Gasteiger partial charge in [-0.25, -0.2) is 8.42 Å². The number of carbonyl (C=O) groups excluding carboxylic acids is 1. The number of rotatable bonds is 5. The highest BCUT2D eigenvalue weighted by Crippen LogP contribution is 2.36. The third kappa shape index (κ3) is 3.32. The van der Waals surface area contributed by atoms with Gasteiger partial charge >= 0.3 is 0 Å². The number of amides is 1. The monoisotopic (exact) mass is 372 g/mol. The van der Waals surface area contributed by atoms with E-state index >= 15 is 0 Å². The van der Waals surface area contributed by atoms with Gasteiger partial charge in [-0.05, 0) is 43.5 Å². The molecule has 2 aliphatic rings. The van der Waals surface area contributed by atoms with E-state index < -0.39 is 10.0 Å². The van der Waals surface area contributed by atoms with Gasteiger partial charge in [-0.15, -0.1) is 0 Å². The zero-order chi connectivity index (χ0) is 18.3. The number of aryl methyl sites for hydroxylation is 1. The van der Waals surface area contributed by atoms with Gasteiger partial charge in [0.25, 0.3) is 5.91 Å². The summed E-state index contributed by atoms with van der Waals surface area (Å²) in [6.45, 7) is 2.29. The first-order chi connectivity index (χ1) is 12.4. The zero-order valence-electron chi connectivity index (χ0n) is 14.4. The molecule has 26 heavy (non-hydrogen) atoms. The van der Waals surface area contributed by atoms with Gasteiger partial charge in [0.05, 0.1) is 10.6 Å². The van der Waals surface area contributed by atoms with Crippen molar-refractivity contribution in [1.82, 2.24) is 4.31 Å². The van der Waals surface area contributed by atoms with E-state index in [2.05, 4.69) is 5.32 Å². The zero-order valence-corrected chi connectivity index (χ0v) is 15.3. The van der Waals surface area contributed by atoms with Gasteiger partial charge in [0.2, 0.25) is 10.0 Å². The van der Waals surface area contributed by atoms with E-state index in [1.165, 1.54) is 12.1 Å².